The van der Waals surface area contributed by atoms with Crippen LogP contribution in [-0.2, 0) is 0 Å². The minimum Gasteiger partial charge on any atom is -0.399 e. The van der Waals surface area contributed by atoms with Crippen molar-refractivity contribution in [1.29, 1.82) is 0 Å². The summed E-state index contributed by atoms with van der Waals surface area (Å²) in [6.07, 6.45) is 5.54. The third-order valence-corrected chi connectivity index (χ3v) is 4.23. The topological polar surface area (TPSA) is 59.2 Å². The van der Waals surface area contributed by atoms with Gasteiger partial charge in [0.05, 0.1) is 6.04 Å². The highest BCUT2D eigenvalue weighted by atomic mass is 79.9. The number of benzene rings is 1. The predicted octanol–water partition coefficient (Wildman–Crippen LogP) is 3.40. The Bertz CT molecular complexity index is 640. The van der Waals surface area contributed by atoms with Crippen LogP contribution in [0.3, 0.4) is 0 Å². The number of pyridine rings is 1. The van der Waals surface area contributed by atoms with Gasteiger partial charge in [-0.2, -0.15) is 0 Å². The van der Waals surface area contributed by atoms with Crippen LogP contribution in [0.25, 0.3) is 0 Å². The molecule has 5 heteroatoms. The van der Waals surface area contributed by atoms with Crippen molar-refractivity contribution >= 4 is 27.5 Å². The normalized spacial score (nSPS) is 18.0. The number of amides is 1. The lowest BCUT2D eigenvalue weighted by atomic mass is 10.1. The molecule has 1 amide bonds. The predicted molar refractivity (Wildman–Crippen MR) is 85.8 cm³/mol. The fourth-order valence-corrected chi connectivity index (χ4v) is 3.35. The summed E-state index contributed by atoms with van der Waals surface area (Å²) in [6, 6.07) is 9.43. The van der Waals surface area contributed by atoms with Crippen molar-refractivity contribution in [3.63, 3.8) is 0 Å². The molecule has 3 rings (SSSR count). The Balaban J connectivity index is 1.90. The number of carbonyl (C=O) groups excluding carboxylic acids is 1. The van der Waals surface area contributed by atoms with Gasteiger partial charge >= 0.3 is 0 Å². The molecule has 1 aliphatic heterocycles. The fraction of sp³-hybridized carbons (Fsp3) is 0.250. The molecule has 1 saturated heterocycles. The average molecular weight is 346 g/mol. The smallest absolute Gasteiger partial charge is 0.254 e. The van der Waals surface area contributed by atoms with E-state index in [9.17, 15) is 4.79 Å². The van der Waals surface area contributed by atoms with Gasteiger partial charge in [-0.25, -0.2) is 0 Å². The van der Waals surface area contributed by atoms with E-state index in [0.717, 1.165) is 29.4 Å². The average Bonchev–Trinajstić information content (AvgIpc) is 2.95. The second kappa shape index (κ2) is 5.85. The first-order chi connectivity index (χ1) is 10.1. The van der Waals surface area contributed by atoms with Crippen molar-refractivity contribution < 1.29 is 4.79 Å². The first-order valence-corrected chi connectivity index (χ1v) is 7.71. The Morgan fingerprint density at radius 1 is 1.29 bits per heavy atom. The largest absolute Gasteiger partial charge is 0.399 e. The molecule has 0 spiro atoms. The van der Waals surface area contributed by atoms with Crippen molar-refractivity contribution in [2.45, 2.75) is 18.9 Å². The number of hydrogen-bond donors (Lipinski definition) is 1. The highest BCUT2D eigenvalue weighted by molar-refractivity contribution is 9.10. The minimum absolute atomic E-state index is 0.0299. The maximum atomic E-state index is 12.8. The quantitative estimate of drug-likeness (QED) is 0.848. The number of aromatic nitrogens is 1. The molecule has 0 aliphatic carbocycles. The van der Waals surface area contributed by atoms with Crippen molar-refractivity contribution in [2.24, 2.45) is 0 Å². The lowest BCUT2D eigenvalue weighted by Gasteiger charge is -2.25. The molecular weight excluding hydrogens is 330 g/mol. The van der Waals surface area contributed by atoms with Gasteiger partial charge in [-0.05, 0) is 48.7 Å². The number of anilines is 1. The maximum absolute atomic E-state index is 12.8. The van der Waals surface area contributed by atoms with Crippen LogP contribution in [-0.4, -0.2) is 22.3 Å². The highest BCUT2D eigenvalue weighted by Crippen LogP contribution is 2.33. The van der Waals surface area contributed by atoms with Crippen molar-refractivity contribution in [1.82, 2.24) is 9.88 Å². The summed E-state index contributed by atoms with van der Waals surface area (Å²) in [5, 5.41) is 0. The zero-order valence-electron chi connectivity index (χ0n) is 11.5. The third kappa shape index (κ3) is 2.93. The van der Waals surface area contributed by atoms with Crippen LogP contribution in [0.5, 0.6) is 0 Å². The Kier molecular flexibility index (Phi) is 3.92. The van der Waals surface area contributed by atoms with E-state index >= 15 is 0 Å². The van der Waals surface area contributed by atoms with Gasteiger partial charge in [-0.15, -0.1) is 0 Å². The monoisotopic (exact) mass is 345 g/mol. The number of rotatable bonds is 2. The van der Waals surface area contributed by atoms with Crippen molar-refractivity contribution in [3.05, 3.63) is 58.3 Å². The van der Waals surface area contributed by atoms with Crippen LogP contribution in [0, 0.1) is 0 Å². The lowest BCUT2D eigenvalue weighted by Crippen LogP contribution is -2.30. The fourth-order valence-electron chi connectivity index (χ4n) is 2.84. The molecule has 0 radical (unpaired) electrons. The summed E-state index contributed by atoms with van der Waals surface area (Å²) in [5.74, 6) is 0.0299. The third-order valence-electron chi connectivity index (χ3n) is 3.77. The Labute approximate surface area is 132 Å². The van der Waals surface area contributed by atoms with Crippen molar-refractivity contribution in [3.8, 4) is 0 Å². The number of likely N-dealkylation sites (tertiary alicyclic amines) is 1. The van der Waals surface area contributed by atoms with Crippen LogP contribution >= 0.6 is 15.9 Å². The van der Waals surface area contributed by atoms with Crippen molar-refractivity contribution in [2.75, 3.05) is 12.3 Å². The summed E-state index contributed by atoms with van der Waals surface area (Å²) in [6.45, 7) is 0.776. The van der Waals surface area contributed by atoms with E-state index in [1.165, 1.54) is 0 Å². The first kappa shape index (κ1) is 14.1. The van der Waals surface area contributed by atoms with Crippen LogP contribution < -0.4 is 5.73 Å². The zero-order chi connectivity index (χ0) is 14.8. The molecule has 1 atom stereocenters. The summed E-state index contributed by atoms with van der Waals surface area (Å²) in [5.41, 5.74) is 8.19. The molecule has 4 nitrogen and oxygen atoms in total. The number of carbonyl (C=O) groups is 1. The van der Waals surface area contributed by atoms with Crippen LogP contribution in [0.1, 0.15) is 34.8 Å². The second-order valence-electron chi connectivity index (χ2n) is 5.21. The molecule has 108 valence electrons. The van der Waals surface area contributed by atoms with Gasteiger partial charge in [0, 0.05) is 34.7 Å². The molecule has 2 aromatic rings. The number of halogens is 1. The zero-order valence-corrected chi connectivity index (χ0v) is 13.1. The minimum atomic E-state index is 0.0299. The Hall–Kier alpha value is -1.88. The second-order valence-corrected chi connectivity index (χ2v) is 6.13. The maximum Gasteiger partial charge on any atom is 0.254 e. The van der Waals surface area contributed by atoms with Gasteiger partial charge in [0.2, 0.25) is 0 Å². The van der Waals surface area contributed by atoms with E-state index in [1.54, 1.807) is 24.5 Å². The summed E-state index contributed by atoms with van der Waals surface area (Å²) >= 11 is 3.39. The summed E-state index contributed by atoms with van der Waals surface area (Å²) in [7, 11) is 0. The number of nitrogens with zero attached hydrogens (tertiary/aromatic N) is 2. The van der Waals surface area contributed by atoms with E-state index < -0.39 is 0 Å². The van der Waals surface area contributed by atoms with Gasteiger partial charge in [0.15, 0.2) is 0 Å². The number of hydrogen-bond acceptors (Lipinski definition) is 3. The standard InChI is InChI=1S/C16H16BrN3O/c17-13-8-12(9-14(18)10-13)16(21)20-7-1-2-15(20)11-3-5-19-6-4-11/h3-6,8-10,15H,1-2,7,18H2. The molecule has 1 aromatic carbocycles. The Morgan fingerprint density at radius 3 is 2.76 bits per heavy atom. The molecule has 1 aromatic heterocycles. The molecule has 0 bridgehead atoms. The molecule has 1 unspecified atom stereocenters. The molecular formula is C16H16BrN3O. The van der Waals surface area contributed by atoms with Gasteiger partial charge in [0.1, 0.15) is 0 Å². The van der Waals surface area contributed by atoms with Crippen LogP contribution in [0.2, 0.25) is 0 Å². The number of nitrogens with two attached hydrogens (primary N) is 1. The van der Waals surface area contributed by atoms with E-state index in [1.807, 2.05) is 23.1 Å². The van der Waals surface area contributed by atoms with Crippen LogP contribution in [0.15, 0.2) is 47.2 Å². The molecule has 1 aliphatic rings. The van der Waals surface area contributed by atoms with E-state index in [0.29, 0.717) is 11.3 Å². The van der Waals surface area contributed by atoms with Gasteiger partial charge < -0.3 is 10.6 Å². The number of nitrogen functional groups attached to an aromatic ring is 1. The van der Waals surface area contributed by atoms with Crippen LogP contribution in [0.4, 0.5) is 5.69 Å². The van der Waals surface area contributed by atoms with Gasteiger partial charge in [0.25, 0.3) is 5.91 Å². The molecule has 1 fully saturated rings. The SMILES string of the molecule is Nc1cc(Br)cc(C(=O)N2CCCC2c2ccncc2)c1. The summed E-state index contributed by atoms with van der Waals surface area (Å²) < 4.78 is 0.825. The molecule has 2 heterocycles. The van der Waals surface area contributed by atoms with E-state index in [2.05, 4.69) is 20.9 Å². The van der Waals surface area contributed by atoms with Gasteiger partial charge in [-0.3, -0.25) is 9.78 Å². The summed E-state index contributed by atoms with van der Waals surface area (Å²) in [4.78, 5) is 18.7. The molecule has 2 N–H and O–H groups in total. The Morgan fingerprint density at radius 2 is 2.05 bits per heavy atom. The molecule has 21 heavy (non-hydrogen) atoms. The first-order valence-electron chi connectivity index (χ1n) is 6.92. The van der Waals surface area contributed by atoms with Gasteiger partial charge in [-0.1, -0.05) is 15.9 Å². The van der Waals surface area contributed by atoms with E-state index in [-0.39, 0.29) is 11.9 Å². The highest BCUT2D eigenvalue weighted by Gasteiger charge is 2.30. The van der Waals surface area contributed by atoms with E-state index in [4.69, 9.17) is 5.73 Å². The lowest BCUT2D eigenvalue weighted by molar-refractivity contribution is 0.0735. The molecule has 0 saturated carbocycles.